The van der Waals surface area contributed by atoms with Crippen molar-refractivity contribution in [3.63, 3.8) is 0 Å². The van der Waals surface area contributed by atoms with E-state index in [1.54, 1.807) is 12.2 Å². The van der Waals surface area contributed by atoms with E-state index < -0.39 is 61.2 Å². The van der Waals surface area contributed by atoms with E-state index in [-0.39, 0.29) is 41.9 Å². The Morgan fingerprint density at radius 2 is 1.46 bits per heavy atom. The zero-order valence-electron chi connectivity index (χ0n) is 25.1. The number of hydrogen-bond donors (Lipinski definition) is 6. The SMILES string of the molecule is CC1(C)c2ccc(CBr)cc2N(CCN(CC(=O)O)CC(=O)O)C12C=Cc1cc(N(O)O)cc(CN(CC(=O)O)CC(=O)O)c1O2. The summed E-state index contributed by atoms with van der Waals surface area (Å²) in [6.45, 7) is 1.63. The molecule has 1 atom stereocenters. The van der Waals surface area contributed by atoms with Crippen molar-refractivity contribution in [2.24, 2.45) is 0 Å². The fraction of sp³-hybridized carbons (Fsp3) is 0.400. The summed E-state index contributed by atoms with van der Waals surface area (Å²) in [7, 11) is 0. The first kappa shape index (κ1) is 34.6. The summed E-state index contributed by atoms with van der Waals surface area (Å²) in [5, 5.41) is 57.8. The molecule has 0 saturated carbocycles. The monoisotopic (exact) mass is 706 g/mol. The van der Waals surface area contributed by atoms with Crippen LogP contribution in [0.2, 0.25) is 0 Å². The number of benzene rings is 2. The van der Waals surface area contributed by atoms with Crippen LogP contribution >= 0.6 is 15.9 Å². The largest absolute Gasteiger partial charge is 0.480 e. The summed E-state index contributed by atoms with van der Waals surface area (Å²) in [5.74, 6) is -4.65. The first-order chi connectivity index (χ1) is 21.6. The molecule has 6 N–H and O–H groups in total. The van der Waals surface area contributed by atoms with Crippen LogP contribution in [-0.2, 0) is 36.5 Å². The van der Waals surface area contributed by atoms with Gasteiger partial charge in [-0.25, -0.2) is 0 Å². The third kappa shape index (κ3) is 7.10. The molecule has 16 heteroatoms. The van der Waals surface area contributed by atoms with Gasteiger partial charge in [0.1, 0.15) is 5.75 Å². The van der Waals surface area contributed by atoms with Crippen molar-refractivity contribution in [1.29, 1.82) is 0 Å². The number of carboxylic acid groups (broad SMARTS) is 4. The van der Waals surface area contributed by atoms with Gasteiger partial charge >= 0.3 is 23.9 Å². The van der Waals surface area contributed by atoms with Crippen LogP contribution in [0, 0.1) is 0 Å². The zero-order valence-corrected chi connectivity index (χ0v) is 26.7. The Morgan fingerprint density at radius 1 is 0.870 bits per heavy atom. The van der Waals surface area contributed by atoms with Gasteiger partial charge in [0.15, 0.2) is 0 Å². The van der Waals surface area contributed by atoms with Gasteiger partial charge in [-0.2, -0.15) is 0 Å². The lowest BCUT2D eigenvalue weighted by Gasteiger charge is -2.48. The van der Waals surface area contributed by atoms with Crippen LogP contribution in [0.4, 0.5) is 11.4 Å². The third-order valence-electron chi connectivity index (χ3n) is 8.10. The van der Waals surface area contributed by atoms with Gasteiger partial charge in [0.05, 0.1) is 37.3 Å². The second-order valence-electron chi connectivity index (χ2n) is 11.6. The minimum atomic E-state index is -1.29. The summed E-state index contributed by atoms with van der Waals surface area (Å²) < 4.78 is 6.91. The Bertz CT molecular complexity index is 1530. The maximum Gasteiger partial charge on any atom is 0.317 e. The lowest BCUT2D eigenvalue weighted by atomic mass is 9.76. The number of carboxylic acids is 4. The number of fused-ring (bicyclic) bond motifs is 2. The van der Waals surface area contributed by atoms with Crippen LogP contribution in [0.25, 0.3) is 6.08 Å². The van der Waals surface area contributed by atoms with Crippen LogP contribution in [0.15, 0.2) is 36.4 Å². The van der Waals surface area contributed by atoms with Gasteiger partial charge in [0.2, 0.25) is 5.72 Å². The molecule has 4 rings (SSSR count). The Hall–Kier alpha value is -4.22. The quantitative estimate of drug-likeness (QED) is 0.116. The van der Waals surface area contributed by atoms with Crippen molar-refractivity contribution in [1.82, 2.24) is 9.80 Å². The van der Waals surface area contributed by atoms with Gasteiger partial charge in [0.25, 0.3) is 0 Å². The number of anilines is 2. The molecule has 0 aliphatic carbocycles. The van der Waals surface area contributed by atoms with Crippen LogP contribution in [0.3, 0.4) is 0 Å². The van der Waals surface area contributed by atoms with Gasteiger partial charge in [0, 0.05) is 41.8 Å². The number of carbonyl (C=O) groups is 4. The maximum absolute atomic E-state index is 11.6. The van der Waals surface area contributed by atoms with Gasteiger partial charge in [-0.15, -0.1) is 5.23 Å². The Kier molecular flexibility index (Phi) is 10.3. The minimum Gasteiger partial charge on any atom is -0.480 e. The van der Waals surface area contributed by atoms with E-state index in [0.29, 0.717) is 10.9 Å². The predicted molar refractivity (Wildman–Crippen MR) is 167 cm³/mol. The Balaban J connectivity index is 1.85. The highest BCUT2D eigenvalue weighted by atomic mass is 79.9. The summed E-state index contributed by atoms with van der Waals surface area (Å²) >= 11 is 3.49. The molecule has 2 heterocycles. The Morgan fingerprint density at radius 3 is 2.00 bits per heavy atom. The zero-order chi connectivity index (χ0) is 34.0. The molecule has 0 saturated heterocycles. The number of nitrogens with zero attached hydrogens (tertiary/aromatic N) is 4. The summed E-state index contributed by atoms with van der Waals surface area (Å²) in [6.07, 6.45) is 3.51. The van der Waals surface area contributed by atoms with Crippen LogP contribution < -0.4 is 14.9 Å². The van der Waals surface area contributed by atoms with Crippen LogP contribution in [0.1, 0.15) is 36.1 Å². The molecular formula is C30H35BrN4O11. The molecule has 0 radical (unpaired) electrons. The van der Waals surface area contributed by atoms with Gasteiger partial charge in [-0.3, -0.25) is 39.4 Å². The summed E-state index contributed by atoms with van der Waals surface area (Å²) in [4.78, 5) is 50.6. The van der Waals surface area contributed by atoms with Gasteiger partial charge in [-0.05, 0) is 55.3 Å². The molecule has 2 aliphatic heterocycles. The first-order valence-electron chi connectivity index (χ1n) is 14.1. The first-order valence-corrected chi connectivity index (χ1v) is 15.2. The predicted octanol–water partition coefficient (Wildman–Crippen LogP) is 2.51. The average Bonchev–Trinajstić information content (AvgIpc) is 3.12. The molecule has 0 fully saturated rings. The molecule has 15 nitrogen and oxygen atoms in total. The number of ether oxygens (including phenoxy) is 1. The molecule has 1 unspecified atom stereocenters. The topological polar surface area (TPSA) is 212 Å². The van der Waals surface area contributed by atoms with Crippen LogP contribution in [0.5, 0.6) is 5.75 Å². The molecule has 0 bridgehead atoms. The number of hydrogen-bond acceptors (Lipinski definition) is 11. The standard InChI is InChI=1S/C30H35BrN4O11/c1-29(2)22-4-3-18(12-31)9-23(22)34(8-7-32(14-24(36)37)15-25(38)39)30(29)6-5-19-10-21(35(44)45)11-20(28(19)46-30)13-33(16-26(40)41)17-27(42)43/h3-6,9-11,44-45H,7-8,12-17H2,1-2H3,(H,36,37)(H,38,39)(H,40,41)(H,42,43). The van der Waals surface area contributed by atoms with Crippen molar-refractivity contribution in [2.45, 2.75) is 36.9 Å². The molecule has 2 aliphatic rings. The van der Waals surface area contributed by atoms with E-state index in [0.717, 1.165) is 21.7 Å². The summed E-state index contributed by atoms with van der Waals surface area (Å²) in [6, 6.07) is 8.68. The normalized spacial score (nSPS) is 17.6. The molecule has 2 aromatic carbocycles. The second-order valence-corrected chi connectivity index (χ2v) is 12.2. The molecule has 0 aromatic heterocycles. The molecular weight excluding hydrogens is 672 g/mol. The van der Waals surface area contributed by atoms with Crippen molar-refractivity contribution in [2.75, 3.05) is 49.4 Å². The highest BCUT2D eigenvalue weighted by molar-refractivity contribution is 9.08. The molecule has 248 valence electrons. The van der Waals surface area contributed by atoms with E-state index in [4.69, 9.17) is 4.74 Å². The number of alkyl halides is 1. The number of aliphatic carboxylic acids is 4. The Labute approximate surface area is 272 Å². The van der Waals surface area contributed by atoms with E-state index in [1.807, 2.05) is 36.9 Å². The third-order valence-corrected chi connectivity index (χ3v) is 8.75. The van der Waals surface area contributed by atoms with E-state index in [9.17, 15) is 50.0 Å². The van der Waals surface area contributed by atoms with E-state index in [1.165, 1.54) is 17.0 Å². The lowest BCUT2D eigenvalue weighted by molar-refractivity contribution is -0.143. The number of halogens is 1. The molecule has 1 spiro atoms. The summed E-state index contributed by atoms with van der Waals surface area (Å²) in [5.41, 5.74) is 1.14. The lowest BCUT2D eigenvalue weighted by Crippen LogP contribution is -2.61. The van der Waals surface area contributed by atoms with Crippen molar-refractivity contribution in [3.8, 4) is 5.75 Å². The molecule has 0 amide bonds. The van der Waals surface area contributed by atoms with E-state index >= 15 is 0 Å². The fourth-order valence-electron chi connectivity index (χ4n) is 6.09. The highest BCUT2D eigenvalue weighted by Crippen LogP contribution is 2.56. The maximum atomic E-state index is 11.6. The second kappa shape index (κ2) is 13.6. The van der Waals surface area contributed by atoms with Gasteiger partial charge < -0.3 is 30.1 Å². The van der Waals surface area contributed by atoms with E-state index in [2.05, 4.69) is 15.9 Å². The van der Waals surface area contributed by atoms with Crippen LogP contribution in [-0.4, -0.2) is 110 Å². The van der Waals surface area contributed by atoms with Crippen molar-refractivity contribution < 1.29 is 54.8 Å². The average molecular weight is 708 g/mol. The van der Waals surface area contributed by atoms with Crippen molar-refractivity contribution in [3.05, 3.63) is 58.7 Å². The smallest absolute Gasteiger partial charge is 0.317 e. The highest BCUT2D eigenvalue weighted by Gasteiger charge is 2.59. The minimum absolute atomic E-state index is 0.0409. The van der Waals surface area contributed by atoms with Crippen molar-refractivity contribution >= 4 is 57.3 Å². The fourth-order valence-corrected chi connectivity index (χ4v) is 6.44. The molecule has 2 aromatic rings. The molecule has 46 heavy (non-hydrogen) atoms. The van der Waals surface area contributed by atoms with Gasteiger partial charge in [-0.1, -0.05) is 28.1 Å². The number of rotatable bonds is 15.